The van der Waals surface area contributed by atoms with Crippen LogP contribution in [0.4, 0.5) is 0 Å². The Kier molecular flexibility index (Phi) is 4.09. The number of rotatable bonds is 4. The molecule has 1 aromatic carbocycles. The molecule has 0 spiro atoms. The number of hydrogen-bond donors (Lipinski definition) is 0. The molecule has 0 fully saturated rings. The van der Waals surface area contributed by atoms with Crippen molar-refractivity contribution in [3.05, 3.63) is 72.1 Å². The molecule has 0 saturated heterocycles. The molecule has 6 heteroatoms. The summed E-state index contributed by atoms with van der Waals surface area (Å²) in [5.41, 5.74) is 2.24. The van der Waals surface area contributed by atoms with E-state index in [1.807, 2.05) is 47.1 Å². The minimum Gasteiger partial charge on any atom is -0.331 e. The van der Waals surface area contributed by atoms with Gasteiger partial charge in [0, 0.05) is 44.3 Å². The first kappa shape index (κ1) is 15.6. The van der Waals surface area contributed by atoms with E-state index in [1.165, 1.54) is 0 Å². The minimum atomic E-state index is 0.0435. The van der Waals surface area contributed by atoms with Crippen molar-refractivity contribution in [2.75, 3.05) is 0 Å². The predicted octanol–water partition coefficient (Wildman–Crippen LogP) is 2.33. The van der Waals surface area contributed by atoms with Gasteiger partial charge in [0.1, 0.15) is 5.82 Å². The van der Waals surface area contributed by atoms with Crippen LogP contribution >= 0.6 is 0 Å². The molecule has 0 saturated carbocycles. The van der Waals surface area contributed by atoms with Crippen molar-refractivity contribution in [3.63, 3.8) is 0 Å². The molecule has 1 aliphatic rings. The van der Waals surface area contributed by atoms with Gasteiger partial charge in [0.25, 0.3) is 0 Å². The summed E-state index contributed by atoms with van der Waals surface area (Å²) in [6, 6.07) is 12.2. The number of carbonyl (C=O) groups excluding carboxylic acids is 1. The number of aromatic nitrogens is 4. The summed E-state index contributed by atoms with van der Waals surface area (Å²) in [4.78, 5) is 19.3. The molecule has 0 bridgehead atoms. The molecule has 0 aliphatic carbocycles. The third-order valence-corrected chi connectivity index (χ3v) is 4.88. The number of benzene rings is 1. The van der Waals surface area contributed by atoms with E-state index in [0.29, 0.717) is 19.4 Å². The molecule has 128 valence electrons. The zero-order valence-corrected chi connectivity index (χ0v) is 14.2. The first-order chi connectivity index (χ1) is 12.2. The van der Waals surface area contributed by atoms with Gasteiger partial charge in [-0.25, -0.2) is 4.98 Å². The van der Waals surface area contributed by atoms with Gasteiger partial charge in [0.15, 0.2) is 0 Å². The number of carbonyl (C=O) groups is 1. The largest absolute Gasteiger partial charge is 0.331 e. The Morgan fingerprint density at radius 2 is 2.04 bits per heavy atom. The van der Waals surface area contributed by atoms with Crippen molar-refractivity contribution in [1.82, 2.24) is 24.2 Å². The maximum Gasteiger partial charge on any atom is 0.223 e. The summed E-state index contributed by atoms with van der Waals surface area (Å²) in [5.74, 6) is 1.10. The average Bonchev–Trinajstić information content (AvgIpc) is 3.27. The van der Waals surface area contributed by atoms with Crippen LogP contribution in [0, 0.1) is 0 Å². The lowest BCUT2D eigenvalue weighted by molar-refractivity contribution is -0.135. The predicted molar refractivity (Wildman–Crippen MR) is 93.5 cm³/mol. The molecule has 1 atom stereocenters. The maximum absolute atomic E-state index is 13.0. The molecule has 1 amide bonds. The zero-order chi connectivity index (χ0) is 17.2. The quantitative estimate of drug-likeness (QED) is 0.735. The van der Waals surface area contributed by atoms with Crippen LogP contribution in [0.2, 0.25) is 0 Å². The smallest absolute Gasteiger partial charge is 0.223 e. The van der Waals surface area contributed by atoms with Gasteiger partial charge in [0.2, 0.25) is 5.91 Å². The summed E-state index contributed by atoms with van der Waals surface area (Å²) < 4.78 is 3.97. The summed E-state index contributed by atoms with van der Waals surface area (Å²) >= 11 is 0. The lowest BCUT2D eigenvalue weighted by Gasteiger charge is -2.36. The Hall–Kier alpha value is -2.89. The standard InChI is InChI=1S/C19H21N5O/c1-22-16(9-10-21-22)7-8-19(25)24-14-18-20-11-12-23(18)13-17(24)15-5-3-2-4-6-15/h2-6,9-12,17H,7-8,13-14H2,1H3/t17-/m1/s1. The third-order valence-electron chi connectivity index (χ3n) is 4.88. The second kappa shape index (κ2) is 6.55. The van der Waals surface area contributed by atoms with Crippen molar-refractivity contribution in [1.29, 1.82) is 0 Å². The van der Waals surface area contributed by atoms with Gasteiger partial charge < -0.3 is 9.47 Å². The lowest BCUT2D eigenvalue weighted by atomic mass is 10.0. The average molecular weight is 335 g/mol. The molecule has 25 heavy (non-hydrogen) atoms. The molecule has 2 aromatic heterocycles. The fourth-order valence-electron chi connectivity index (χ4n) is 3.45. The van der Waals surface area contributed by atoms with Crippen LogP contribution in [-0.2, 0) is 31.4 Å². The second-order valence-corrected chi connectivity index (χ2v) is 6.39. The van der Waals surface area contributed by atoms with Crippen molar-refractivity contribution >= 4 is 5.91 Å². The van der Waals surface area contributed by atoms with E-state index in [9.17, 15) is 4.79 Å². The summed E-state index contributed by atoms with van der Waals surface area (Å²) in [6.45, 7) is 1.30. The Balaban J connectivity index is 1.56. The van der Waals surface area contributed by atoms with Crippen molar-refractivity contribution in [2.45, 2.75) is 32.0 Å². The lowest BCUT2D eigenvalue weighted by Crippen LogP contribution is -2.41. The first-order valence-corrected chi connectivity index (χ1v) is 8.53. The van der Waals surface area contributed by atoms with Gasteiger partial charge >= 0.3 is 0 Å². The molecular formula is C19H21N5O. The number of nitrogens with zero attached hydrogens (tertiary/aromatic N) is 5. The number of aryl methyl sites for hydroxylation is 2. The number of fused-ring (bicyclic) bond motifs is 1. The second-order valence-electron chi connectivity index (χ2n) is 6.39. The van der Waals surface area contributed by atoms with Crippen LogP contribution in [0.25, 0.3) is 0 Å². The van der Waals surface area contributed by atoms with Crippen LogP contribution in [0.1, 0.15) is 29.5 Å². The summed E-state index contributed by atoms with van der Waals surface area (Å²) in [5, 5.41) is 4.17. The van der Waals surface area contributed by atoms with E-state index in [2.05, 4.69) is 26.8 Å². The normalized spacial score (nSPS) is 16.7. The molecule has 6 nitrogen and oxygen atoms in total. The molecule has 0 N–H and O–H groups in total. The Morgan fingerprint density at radius 3 is 2.80 bits per heavy atom. The maximum atomic E-state index is 13.0. The van der Waals surface area contributed by atoms with Crippen LogP contribution in [0.3, 0.4) is 0 Å². The van der Waals surface area contributed by atoms with Gasteiger partial charge in [-0.2, -0.15) is 5.10 Å². The Morgan fingerprint density at radius 1 is 1.20 bits per heavy atom. The molecule has 4 rings (SSSR count). The Bertz CT molecular complexity index is 867. The van der Waals surface area contributed by atoms with Gasteiger partial charge in [-0.3, -0.25) is 9.48 Å². The minimum absolute atomic E-state index is 0.0435. The van der Waals surface area contributed by atoms with E-state index in [4.69, 9.17) is 0 Å². The SMILES string of the molecule is Cn1nccc1CCC(=O)N1Cc2nccn2C[C@@H]1c1ccccc1. The van der Waals surface area contributed by atoms with Crippen LogP contribution < -0.4 is 0 Å². The Labute approximate surface area is 146 Å². The molecule has 3 heterocycles. The molecule has 0 radical (unpaired) electrons. The van der Waals surface area contributed by atoms with Crippen molar-refractivity contribution < 1.29 is 4.79 Å². The van der Waals surface area contributed by atoms with Crippen molar-refractivity contribution in [3.8, 4) is 0 Å². The topological polar surface area (TPSA) is 56.0 Å². The zero-order valence-electron chi connectivity index (χ0n) is 14.2. The van der Waals surface area contributed by atoms with E-state index < -0.39 is 0 Å². The molecule has 3 aromatic rings. The van der Waals surface area contributed by atoms with Gasteiger partial charge in [-0.15, -0.1) is 0 Å². The fourth-order valence-corrected chi connectivity index (χ4v) is 3.45. The van der Waals surface area contributed by atoms with Gasteiger partial charge in [0.05, 0.1) is 12.6 Å². The van der Waals surface area contributed by atoms with E-state index in [0.717, 1.165) is 23.6 Å². The van der Waals surface area contributed by atoms with E-state index in [-0.39, 0.29) is 11.9 Å². The highest BCUT2D eigenvalue weighted by molar-refractivity contribution is 5.77. The highest BCUT2D eigenvalue weighted by Gasteiger charge is 2.31. The third kappa shape index (κ3) is 3.07. The fraction of sp³-hybridized carbons (Fsp3) is 0.316. The van der Waals surface area contributed by atoms with Gasteiger partial charge in [-0.05, 0) is 18.1 Å². The molecular weight excluding hydrogens is 314 g/mol. The first-order valence-electron chi connectivity index (χ1n) is 8.53. The van der Waals surface area contributed by atoms with E-state index >= 15 is 0 Å². The van der Waals surface area contributed by atoms with Crippen LogP contribution in [-0.4, -0.2) is 30.1 Å². The summed E-state index contributed by atoms with van der Waals surface area (Å²) in [6.07, 6.45) is 6.74. The van der Waals surface area contributed by atoms with E-state index in [1.54, 1.807) is 12.4 Å². The monoisotopic (exact) mass is 335 g/mol. The molecule has 0 unspecified atom stereocenters. The van der Waals surface area contributed by atoms with Crippen LogP contribution in [0.5, 0.6) is 0 Å². The van der Waals surface area contributed by atoms with Gasteiger partial charge in [-0.1, -0.05) is 30.3 Å². The van der Waals surface area contributed by atoms with Crippen LogP contribution in [0.15, 0.2) is 55.0 Å². The number of hydrogen-bond acceptors (Lipinski definition) is 3. The number of imidazole rings is 1. The highest BCUT2D eigenvalue weighted by Crippen LogP contribution is 2.29. The summed E-state index contributed by atoms with van der Waals surface area (Å²) in [7, 11) is 1.91. The van der Waals surface area contributed by atoms with Crippen molar-refractivity contribution in [2.24, 2.45) is 7.05 Å². The molecule has 1 aliphatic heterocycles. The number of amides is 1. The highest BCUT2D eigenvalue weighted by atomic mass is 16.2.